The van der Waals surface area contributed by atoms with E-state index in [-0.39, 0.29) is 22.2 Å². The van der Waals surface area contributed by atoms with E-state index in [1.807, 2.05) is 30.3 Å². The highest BCUT2D eigenvalue weighted by Crippen LogP contribution is 2.43. The molecule has 53 heavy (non-hydrogen) atoms. The van der Waals surface area contributed by atoms with Gasteiger partial charge in [-0.25, -0.2) is 0 Å². The van der Waals surface area contributed by atoms with Crippen molar-refractivity contribution in [3.63, 3.8) is 0 Å². The molecule has 0 fully saturated rings. The largest absolute Gasteiger partial charge is 0.311 e. The second kappa shape index (κ2) is 14.0. The first-order valence-electron chi connectivity index (χ1n) is 17.6. The van der Waals surface area contributed by atoms with Gasteiger partial charge in [0.25, 0.3) is 0 Å². The summed E-state index contributed by atoms with van der Waals surface area (Å²) in [5, 5.41) is 19.4. The van der Waals surface area contributed by atoms with E-state index in [9.17, 15) is 15.3 Å². The lowest BCUT2D eigenvalue weighted by atomic mass is 9.86. The van der Waals surface area contributed by atoms with Crippen molar-refractivity contribution in [2.75, 3.05) is 4.90 Å². The number of benzene rings is 4. The third kappa shape index (κ3) is 7.05. The highest BCUT2D eigenvalue weighted by atomic mass is 32.1. The Balaban J connectivity index is 1.17. The molecule has 0 N–H and O–H groups in total. The van der Waals surface area contributed by atoms with Crippen molar-refractivity contribution in [1.29, 1.82) is 10.5 Å². The molecular formula is C47H39N3OS2. The third-order valence-electron chi connectivity index (χ3n) is 9.58. The van der Waals surface area contributed by atoms with Gasteiger partial charge in [-0.1, -0.05) is 102 Å². The molecular weight excluding hydrogens is 687 g/mol. The highest BCUT2D eigenvalue weighted by molar-refractivity contribution is 7.24. The summed E-state index contributed by atoms with van der Waals surface area (Å²) in [7, 11) is 0. The summed E-state index contributed by atoms with van der Waals surface area (Å²) < 4.78 is 0. The number of anilines is 3. The molecule has 4 nitrogen and oxygen atoms in total. The number of carbonyl (C=O) groups is 1. The van der Waals surface area contributed by atoms with Crippen LogP contribution in [0.25, 0.3) is 31.8 Å². The third-order valence-corrected chi connectivity index (χ3v) is 11.9. The van der Waals surface area contributed by atoms with Crippen LogP contribution < -0.4 is 4.90 Å². The summed E-state index contributed by atoms with van der Waals surface area (Å²) in [6.45, 7) is 13.4. The Morgan fingerprint density at radius 2 is 1.06 bits per heavy atom. The number of carbonyl (C=O) groups excluding carboxylic acids is 1. The number of allylic oxidation sites excluding steroid dienone is 3. The van der Waals surface area contributed by atoms with Crippen molar-refractivity contribution in [1.82, 2.24) is 0 Å². The summed E-state index contributed by atoms with van der Waals surface area (Å²) >= 11 is 3.31. The zero-order valence-corrected chi connectivity index (χ0v) is 32.3. The number of nitriles is 2. The summed E-state index contributed by atoms with van der Waals surface area (Å²) in [6, 6.07) is 46.0. The zero-order chi connectivity index (χ0) is 37.5. The van der Waals surface area contributed by atoms with Gasteiger partial charge >= 0.3 is 0 Å². The minimum absolute atomic E-state index is 0.0553. The SMILES string of the molecule is CC(C)(C)c1ccc(N(c2ccc(-c3ccc(-c4ccc(/C=C5/C(=O)c6ccccc6C5=C(C#N)C#N)s4)s3)cc2)c2ccc(C(C)(C)C)cc2)cc1. The van der Waals surface area contributed by atoms with Crippen molar-refractivity contribution < 1.29 is 4.79 Å². The van der Waals surface area contributed by atoms with E-state index in [1.165, 1.54) is 11.1 Å². The Bertz CT molecular complexity index is 2410. The van der Waals surface area contributed by atoms with Crippen molar-refractivity contribution in [3.8, 4) is 32.3 Å². The van der Waals surface area contributed by atoms with Crippen LogP contribution in [0.15, 0.2) is 132 Å². The van der Waals surface area contributed by atoms with E-state index >= 15 is 0 Å². The molecule has 0 amide bonds. The molecule has 0 radical (unpaired) electrons. The number of thiophene rings is 2. The van der Waals surface area contributed by atoms with E-state index < -0.39 is 0 Å². The van der Waals surface area contributed by atoms with Gasteiger partial charge in [0.1, 0.15) is 17.7 Å². The van der Waals surface area contributed by atoms with Crippen molar-refractivity contribution >= 4 is 57.2 Å². The van der Waals surface area contributed by atoms with Crippen LogP contribution in [0.5, 0.6) is 0 Å². The number of ketones is 1. The van der Waals surface area contributed by atoms with Gasteiger partial charge in [0.15, 0.2) is 5.78 Å². The maximum absolute atomic E-state index is 13.4. The first-order valence-corrected chi connectivity index (χ1v) is 19.2. The maximum Gasteiger partial charge on any atom is 0.194 e. The minimum Gasteiger partial charge on any atom is -0.311 e. The van der Waals surface area contributed by atoms with Crippen molar-refractivity contribution in [2.45, 2.75) is 52.4 Å². The molecule has 0 aliphatic heterocycles. The molecule has 0 bridgehead atoms. The molecule has 0 saturated heterocycles. The van der Waals surface area contributed by atoms with Gasteiger partial charge in [-0.3, -0.25) is 4.79 Å². The summed E-state index contributed by atoms with van der Waals surface area (Å²) in [4.78, 5) is 20.0. The maximum atomic E-state index is 13.4. The molecule has 0 unspecified atom stereocenters. The summed E-state index contributed by atoms with van der Waals surface area (Å²) in [6.07, 6.45) is 1.81. The van der Waals surface area contributed by atoms with Crippen LogP contribution in [-0.4, -0.2) is 5.78 Å². The Morgan fingerprint density at radius 3 is 1.58 bits per heavy atom. The number of fused-ring (bicyclic) bond motifs is 1. The zero-order valence-electron chi connectivity index (χ0n) is 30.7. The predicted molar refractivity (Wildman–Crippen MR) is 222 cm³/mol. The van der Waals surface area contributed by atoms with Gasteiger partial charge in [-0.05, 0) is 99.8 Å². The van der Waals surface area contributed by atoms with Gasteiger partial charge in [0.2, 0.25) is 0 Å². The van der Waals surface area contributed by atoms with E-state index in [0.29, 0.717) is 22.3 Å². The Kier molecular flexibility index (Phi) is 9.39. The molecule has 0 atom stereocenters. The Hall–Kier alpha value is -5.79. The van der Waals surface area contributed by atoms with Crippen molar-refractivity contribution in [3.05, 3.63) is 160 Å². The Labute approximate surface area is 320 Å². The normalized spacial score (nSPS) is 13.5. The second-order valence-electron chi connectivity index (χ2n) is 15.2. The fraction of sp³-hybridized carbons (Fsp3) is 0.170. The lowest BCUT2D eigenvalue weighted by Gasteiger charge is -2.28. The van der Waals surface area contributed by atoms with Crippen molar-refractivity contribution in [2.24, 2.45) is 0 Å². The van der Waals surface area contributed by atoms with E-state index in [2.05, 4.69) is 137 Å². The molecule has 260 valence electrons. The minimum atomic E-state index is -0.169. The van der Waals surface area contributed by atoms with Gasteiger partial charge in [0.05, 0.1) is 0 Å². The molecule has 4 aromatic carbocycles. The van der Waals surface area contributed by atoms with Gasteiger partial charge in [0, 0.05) is 53.3 Å². The average molecular weight is 726 g/mol. The summed E-state index contributed by atoms with van der Waals surface area (Å²) in [5.74, 6) is -0.169. The van der Waals surface area contributed by atoms with Crippen LogP contribution in [0.2, 0.25) is 0 Å². The number of rotatable bonds is 6. The highest BCUT2D eigenvalue weighted by Gasteiger charge is 2.32. The van der Waals surface area contributed by atoms with Crippen LogP contribution in [0.1, 0.15) is 73.5 Å². The molecule has 0 spiro atoms. The van der Waals surface area contributed by atoms with Crippen LogP contribution in [-0.2, 0) is 10.8 Å². The fourth-order valence-electron chi connectivity index (χ4n) is 6.62. The molecule has 6 heteroatoms. The lowest BCUT2D eigenvalue weighted by molar-refractivity contribution is 0.104. The number of Topliss-reactive ketones (excluding diaryl/α,β-unsaturated/α-hetero) is 1. The quantitative estimate of drug-likeness (QED) is 0.127. The van der Waals surface area contributed by atoms with E-state index in [1.54, 1.807) is 40.9 Å². The molecule has 1 aliphatic carbocycles. The number of hydrogen-bond acceptors (Lipinski definition) is 6. The topological polar surface area (TPSA) is 67.9 Å². The molecule has 6 aromatic rings. The second-order valence-corrected chi connectivity index (χ2v) is 17.4. The monoisotopic (exact) mass is 725 g/mol. The van der Waals surface area contributed by atoms with Gasteiger partial charge < -0.3 is 4.90 Å². The first-order chi connectivity index (χ1) is 25.4. The predicted octanol–water partition coefficient (Wildman–Crippen LogP) is 13.3. The fourth-order valence-corrected chi connectivity index (χ4v) is 8.67. The standard InChI is InChI=1S/C47H39N3OS2/c1-46(2,3)32-13-19-35(20-14-32)50(36-21-15-33(16-22-36)47(4,5)6)34-17-11-30(12-18-34)41-25-26-43(53-41)42-24-23-37(52-42)27-40-44(31(28-48)29-49)38-9-7-8-10-39(38)45(40)51/h7-27H,1-6H3/b40-27+. The van der Waals surface area contributed by atoms with Gasteiger partial charge in [-0.2, -0.15) is 10.5 Å². The molecule has 1 aliphatic rings. The van der Waals surface area contributed by atoms with Crippen LogP contribution in [0, 0.1) is 22.7 Å². The number of nitrogens with zero attached hydrogens (tertiary/aromatic N) is 3. The van der Waals surface area contributed by atoms with Gasteiger partial charge in [-0.15, -0.1) is 22.7 Å². The first kappa shape index (κ1) is 35.6. The summed E-state index contributed by atoms with van der Waals surface area (Å²) in [5.41, 5.74) is 9.08. The van der Waals surface area contributed by atoms with E-state index in [4.69, 9.17) is 0 Å². The number of hydrogen-bond donors (Lipinski definition) is 0. The van der Waals surface area contributed by atoms with E-state index in [0.717, 1.165) is 42.1 Å². The molecule has 2 aromatic heterocycles. The average Bonchev–Trinajstić information content (AvgIpc) is 3.89. The van der Waals surface area contributed by atoms with Crippen LogP contribution >= 0.6 is 22.7 Å². The molecule has 0 saturated carbocycles. The molecule has 7 rings (SSSR count). The molecule has 2 heterocycles. The lowest BCUT2D eigenvalue weighted by Crippen LogP contribution is -2.14. The smallest absolute Gasteiger partial charge is 0.194 e. The Morgan fingerprint density at radius 1 is 0.585 bits per heavy atom. The van der Waals surface area contributed by atoms with Crippen LogP contribution in [0.4, 0.5) is 17.1 Å². The van der Waals surface area contributed by atoms with Crippen LogP contribution in [0.3, 0.4) is 0 Å².